The van der Waals surface area contributed by atoms with Gasteiger partial charge in [0.25, 0.3) is 0 Å². The van der Waals surface area contributed by atoms with Crippen molar-refractivity contribution in [3.63, 3.8) is 0 Å². The van der Waals surface area contributed by atoms with Crippen LogP contribution in [0.25, 0.3) is 10.8 Å². The summed E-state index contributed by atoms with van der Waals surface area (Å²) in [6.45, 7) is 4.62. The molecule has 1 aromatic heterocycles. The summed E-state index contributed by atoms with van der Waals surface area (Å²) in [6.07, 6.45) is 11.8. The molecular formula is C31H34N2O4. The van der Waals surface area contributed by atoms with Gasteiger partial charge in [0.15, 0.2) is 5.78 Å². The number of ether oxygens (including phenoxy) is 2. The molecule has 2 aromatic rings. The minimum atomic E-state index is -0.275. The number of pyridine rings is 1. The van der Waals surface area contributed by atoms with Gasteiger partial charge in [0.05, 0.1) is 5.57 Å². The molecule has 0 spiro atoms. The van der Waals surface area contributed by atoms with Crippen LogP contribution in [0.5, 0.6) is 0 Å². The Bertz CT molecular complexity index is 1370. The predicted octanol–water partition coefficient (Wildman–Crippen LogP) is 4.97. The highest BCUT2D eigenvalue weighted by Gasteiger charge is 2.58. The quantitative estimate of drug-likeness (QED) is 0.555. The highest BCUT2D eigenvalue weighted by atomic mass is 16.5. The Morgan fingerprint density at radius 1 is 1.22 bits per heavy atom. The molecule has 1 aliphatic heterocycles. The van der Waals surface area contributed by atoms with Gasteiger partial charge in [-0.05, 0) is 55.1 Å². The number of benzene rings is 1. The molecule has 6 rings (SSSR count). The van der Waals surface area contributed by atoms with Crippen LogP contribution < -0.4 is 0 Å². The largest absolute Gasteiger partial charge is 0.489 e. The van der Waals surface area contributed by atoms with E-state index in [2.05, 4.69) is 53.2 Å². The van der Waals surface area contributed by atoms with Crippen molar-refractivity contribution in [3.05, 3.63) is 77.4 Å². The molecule has 3 aliphatic carbocycles. The van der Waals surface area contributed by atoms with Crippen molar-refractivity contribution < 1.29 is 19.1 Å². The summed E-state index contributed by atoms with van der Waals surface area (Å²) in [6, 6.07) is 8.48. The summed E-state index contributed by atoms with van der Waals surface area (Å²) >= 11 is 0. The number of fused-ring (bicyclic) bond motifs is 4. The molecule has 2 unspecified atom stereocenters. The van der Waals surface area contributed by atoms with Gasteiger partial charge < -0.3 is 14.4 Å². The van der Waals surface area contributed by atoms with E-state index in [0.29, 0.717) is 12.8 Å². The van der Waals surface area contributed by atoms with E-state index < -0.39 is 0 Å². The summed E-state index contributed by atoms with van der Waals surface area (Å²) in [5, 5.41) is 2.21. The van der Waals surface area contributed by atoms with Gasteiger partial charge >= 0.3 is 5.97 Å². The molecule has 0 radical (unpaired) electrons. The van der Waals surface area contributed by atoms with E-state index in [9.17, 15) is 9.59 Å². The van der Waals surface area contributed by atoms with Crippen molar-refractivity contribution >= 4 is 22.5 Å². The van der Waals surface area contributed by atoms with E-state index in [1.807, 2.05) is 32.6 Å². The zero-order chi connectivity index (χ0) is 25.9. The van der Waals surface area contributed by atoms with Gasteiger partial charge in [-0.15, -0.1) is 0 Å². The van der Waals surface area contributed by atoms with Gasteiger partial charge in [0.2, 0.25) is 0 Å². The average molecular weight is 499 g/mol. The van der Waals surface area contributed by atoms with Gasteiger partial charge in [-0.1, -0.05) is 37.3 Å². The Morgan fingerprint density at radius 3 is 2.84 bits per heavy atom. The van der Waals surface area contributed by atoms with Crippen LogP contribution in [-0.4, -0.2) is 54.5 Å². The van der Waals surface area contributed by atoms with Gasteiger partial charge in [-0.2, -0.15) is 0 Å². The normalized spacial score (nSPS) is 32.5. The third kappa shape index (κ3) is 4.11. The Morgan fingerprint density at radius 2 is 2.05 bits per heavy atom. The minimum Gasteiger partial charge on any atom is -0.489 e. The van der Waals surface area contributed by atoms with Crippen LogP contribution in [0.4, 0.5) is 0 Å². The van der Waals surface area contributed by atoms with Crippen molar-refractivity contribution in [2.45, 2.75) is 51.2 Å². The van der Waals surface area contributed by atoms with Crippen molar-refractivity contribution in [1.82, 2.24) is 9.88 Å². The molecule has 6 nitrogen and oxygen atoms in total. The first-order chi connectivity index (χ1) is 17.7. The molecule has 2 heterocycles. The van der Waals surface area contributed by atoms with Crippen LogP contribution in [-0.2, 0) is 19.1 Å². The summed E-state index contributed by atoms with van der Waals surface area (Å²) in [5.74, 6) is 1.11. The zero-order valence-corrected chi connectivity index (χ0v) is 21.9. The fourth-order valence-corrected chi connectivity index (χ4v) is 7.24. The lowest BCUT2D eigenvalue weighted by molar-refractivity contribution is -0.147. The smallest absolute Gasteiger partial charge is 0.302 e. The second-order valence-electron chi connectivity index (χ2n) is 11.6. The minimum absolute atomic E-state index is 0.00906. The molecule has 0 bridgehead atoms. The molecule has 192 valence electrons. The SMILES string of the molecule is CC(=O)OC1C[C@H]2[C@@H]3OC4=C(C=C3C=C[C@]2(C)[C@H]1c1ccc2cnccc2c1)C(=O)CC(CN(C)C)C4. The van der Waals surface area contributed by atoms with E-state index in [0.717, 1.165) is 46.2 Å². The lowest BCUT2D eigenvalue weighted by Gasteiger charge is -2.44. The van der Waals surface area contributed by atoms with E-state index in [-0.39, 0.29) is 47.1 Å². The van der Waals surface area contributed by atoms with Crippen LogP contribution in [0.15, 0.2) is 71.8 Å². The number of hydrogen-bond acceptors (Lipinski definition) is 6. The Labute approximate surface area is 218 Å². The standard InChI is InChI=1S/C31H34N2O4/c1-18(34)36-28-15-25-30-22(14-24-26(35)11-19(17-33(3)4)12-27(24)37-30)7-9-31(25,2)29(28)21-5-6-23-16-32-10-8-20(23)13-21/h5-10,13-14,16,19,25,28-30H,11-12,15,17H2,1-4H3/t19?,25-,28?,29-,30+,31-/m0/s1. The van der Waals surface area contributed by atoms with E-state index in [1.165, 1.54) is 6.92 Å². The van der Waals surface area contributed by atoms with Crippen LogP contribution in [0, 0.1) is 17.3 Å². The molecule has 6 heteroatoms. The third-order valence-electron chi connectivity index (χ3n) is 8.75. The summed E-state index contributed by atoms with van der Waals surface area (Å²) in [4.78, 5) is 31.6. The monoisotopic (exact) mass is 498 g/mol. The molecule has 1 saturated carbocycles. The van der Waals surface area contributed by atoms with E-state index in [4.69, 9.17) is 9.47 Å². The molecule has 0 N–H and O–H groups in total. The van der Waals surface area contributed by atoms with Gasteiger partial charge in [-0.3, -0.25) is 14.6 Å². The number of hydrogen-bond donors (Lipinski definition) is 0. The Hall–Kier alpha value is -3.25. The second-order valence-corrected chi connectivity index (χ2v) is 11.6. The van der Waals surface area contributed by atoms with Gasteiger partial charge in [-0.25, -0.2) is 0 Å². The molecule has 0 saturated heterocycles. The van der Waals surface area contributed by atoms with E-state index >= 15 is 0 Å². The number of allylic oxidation sites excluding steroid dienone is 4. The van der Waals surface area contributed by atoms with E-state index in [1.54, 1.807) is 0 Å². The maximum Gasteiger partial charge on any atom is 0.302 e. The number of nitrogens with zero attached hydrogens (tertiary/aromatic N) is 2. The van der Waals surface area contributed by atoms with Gasteiger partial charge in [0, 0.05) is 61.3 Å². The first-order valence-electron chi connectivity index (χ1n) is 13.2. The first kappa shape index (κ1) is 24.1. The summed E-state index contributed by atoms with van der Waals surface area (Å²) in [5.41, 5.74) is 2.67. The summed E-state index contributed by atoms with van der Waals surface area (Å²) in [7, 11) is 4.09. The molecule has 37 heavy (non-hydrogen) atoms. The highest BCUT2D eigenvalue weighted by molar-refractivity contribution is 6.00. The molecule has 1 fully saturated rings. The number of esters is 1. The van der Waals surface area contributed by atoms with Gasteiger partial charge in [0.1, 0.15) is 18.0 Å². The lowest BCUT2D eigenvalue weighted by atomic mass is 9.64. The summed E-state index contributed by atoms with van der Waals surface area (Å²) < 4.78 is 12.7. The number of carbonyl (C=O) groups excluding carboxylic acids is 2. The zero-order valence-electron chi connectivity index (χ0n) is 21.9. The maximum absolute atomic E-state index is 13.0. The second kappa shape index (κ2) is 8.95. The van der Waals surface area contributed by atoms with Crippen molar-refractivity contribution in [1.29, 1.82) is 0 Å². The average Bonchev–Trinajstić information content (AvgIpc) is 3.14. The topological polar surface area (TPSA) is 68.7 Å². The first-order valence-corrected chi connectivity index (χ1v) is 13.2. The highest BCUT2D eigenvalue weighted by Crippen LogP contribution is 2.60. The van der Waals surface area contributed by atoms with Crippen molar-refractivity contribution in [2.24, 2.45) is 17.3 Å². The maximum atomic E-state index is 13.0. The van der Waals surface area contributed by atoms with Crippen molar-refractivity contribution in [2.75, 3.05) is 20.6 Å². The van der Waals surface area contributed by atoms with Crippen molar-refractivity contribution in [3.8, 4) is 0 Å². The predicted molar refractivity (Wildman–Crippen MR) is 142 cm³/mol. The number of rotatable bonds is 4. The molecular weight excluding hydrogens is 464 g/mol. The molecule has 1 aromatic carbocycles. The number of aromatic nitrogens is 1. The molecule has 4 aliphatic rings. The number of Topliss-reactive ketones (excluding diaryl/α,β-unsaturated/α-hetero) is 1. The third-order valence-corrected chi connectivity index (χ3v) is 8.75. The fraction of sp³-hybridized carbons (Fsp3) is 0.452. The molecule has 6 atom stereocenters. The van der Waals surface area contributed by atoms with Crippen LogP contribution >= 0.6 is 0 Å². The fourth-order valence-electron chi connectivity index (χ4n) is 7.24. The van der Waals surface area contributed by atoms with Crippen LogP contribution in [0.1, 0.15) is 44.6 Å². The number of carbonyl (C=O) groups is 2. The lowest BCUT2D eigenvalue weighted by Crippen LogP contribution is -2.41. The number of ketones is 1. The van der Waals surface area contributed by atoms with Crippen LogP contribution in [0.2, 0.25) is 0 Å². The Kier molecular flexibility index (Phi) is 5.83. The van der Waals surface area contributed by atoms with Crippen LogP contribution in [0.3, 0.4) is 0 Å². The molecule has 0 amide bonds. The Balaban J connectivity index is 1.38.